The van der Waals surface area contributed by atoms with Crippen LogP contribution in [0.15, 0.2) is 29.2 Å². The molecule has 0 unspecified atom stereocenters. The summed E-state index contributed by atoms with van der Waals surface area (Å²) in [6.07, 6.45) is 1.78. The first-order valence-corrected chi connectivity index (χ1v) is 9.13. The third-order valence-electron chi connectivity index (χ3n) is 3.19. The molecule has 0 aromatic heterocycles. The molecule has 1 aliphatic heterocycles. The zero-order valence-corrected chi connectivity index (χ0v) is 12.4. The van der Waals surface area contributed by atoms with Crippen LogP contribution in [0.25, 0.3) is 0 Å². The molecule has 1 aliphatic rings. The molecule has 7 heteroatoms. The smallest absolute Gasteiger partial charge is 0.240 e. The first kappa shape index (κ1) is 14.5. The number of rotatable bonds is 4. The van der Waals surface area contributed by atoms with E-state index < -0.39 is 20.8 Å². The van der Waals surface area contributed by atoms with Crippen LogP contribution < -0.4 is 10.0 Å². The first-order chi connectivity index (χ1) is 9.01. The van der Waals surface area contributed by atoms with Gasteiger partial charge in [-0.15, -0.1) is 0 Å². The van der Waals surface area contributed by atoms with Crippen molar-refractivity contribution in [1.82, 2.24) is 4.72 Å². The van der Waals surface area contributed by atoms with Crippen molar-refractivity contribution in [3.63, 3.8) is 0 Å². The van der Waals surface area contributed by atoms with Gasteiger partial charge in [-0.3, -0.25) is 4.21 Å². The largest absolute Gasteiger partial charge is 0.382 e. The zero-order chi connectivity index (χ0) is 13.9. The van der Waals surface area contributed by atoms with Crippen LogP contribution in [-0.4, -0.2) is 37.2 Å². The van der Waals surface area contributed by atoms with Crippen molar-refractivity contribution < 1.29 is 12.6 Å². The Bertz CT molecular complexity index is 545. The average Bonchev–Trinajstić information content (AvgIpc) is 2.42. The van der Waals surface area contributed by atoms with E-state index in [-0.39, 0.29) is 4.90 Å². The topological polar surface area (TPSA) is 75.3 Å². The number of hydrogen-bond acceptors (Lipinski definition) is 4. The molecule has 5 nitrogen and oxygen atoms in total. The molecule has 1 fully saturated rings. The summed E-state index contributed by atoms with van der Waals surface area (Å²) in [4.78, 5) is 0.255. The Morgan fingerprint density at radius 3 is 2.26 bits per heavy atom. The molecule has 106 valence electrons. The molecule has 0 bridgehead atoms. The van der Waals surface area contributed by atoms with Crippen molar-refractivity contribution in [3.05, 3.63) is 24.3 Å². The van der Waals surface area contributed by atoms with Crippen LogP contribution in [0.1, 0.15) is 12.8 Å². The summed E-state index contributed by atoms with van der Waals surface area (Å²) in [5.74, 6) is 1.48. The Kier molecular flexibility index (Phi) is 4.59. The molecule has 2 N–H and O–H groups in total. The molecule has 0 spiro atoms. The Balaban J connectivity index is 2.01. The van der Waals surface area contributed by atoms with Gasteiger partial charge in [-0.1, -0.05) is 0 Å². The first-order valence-electron chi connectivity index (χ1n) is 6.16. The number of nitrogens with one attached hydrogen (secondary N) is 2. The molecule has 0 amide bonds. The second kappa shape index (κ2) is 6.02. The van der Waals surface area contributed by atoms with Gasteiger partial charge in [-0.2, -0.15) is 0 Å². The van der Waals surface area contributed by atoms with Gasteiger partial charge < -0.3 is 5.32 Å². The summed E-state index contributed by atoms with van der Waals surface area (Å²) < 4.78 is 36.7. The standard InChI is InChI=1S/C12H18N2O3S2/c1-13-19(16,17)12-4-2-10(3-5-12)14-11-6-8-18(15)9-7-11/h2-5,11,13-14H,6-9H2,1H3. The molecule has 1 aromatic rings. The minimum absolute atomic E-state index is 0.255. The summed E-state index contributed by atoms with van der Waals surface area (Å²) >= 11 is 0. The predicted molar refractivity (Wildman–Crippen MR) is 77.2 cm³/mol. The Morgan fingerprint density at radius 2 is 1.74 bits per heavy atom. The van der Waals surface area contributed by atoms with Crippen molar-refractivity contribution in [2.45, 2.75) is 23.8 Å². The minimum atomic E-state index is -3.37. The maximum absolute atomic E-state index is 11.6. The zero-order valence-electron chi connectivity index (χ0n) is 10.8. The van der Waals surface area contributed by atoms with Crippen LogP contribution in [-0.2, 0) is 20.8 Å². The van der Waals surface area contributed by atoms with Gasteiger partial charge in [0.25, 0.3) is 0 Å². The molecule has 0 saturated carbocycles. The molecular formula is C12H18N2O3S2. The predicted octanol–water partition coefficient (Wildman–Crippen LogP) is 0.918. The van der Waals surface area contributed by atoms with E-state index in [4.69, 9.17) is 0 Å². The highest BCUT2D eigenvalue weighted by atomic mass is 32.2. The molecule has 1 aromatic carbocycles. The highest BCUT2D eigenvalue weighted by molar-refractivity contribution is 7.89. The van der Waals surface area contributed by atoms with E-state index in [1.807, 2.05) is 0 Å². The monoisotopic (exact) mass is 302 g/mol. The van der Waals surface area contributed by atoms with E-state index >= 15 is 0 Å². The van der Waals surface area contributed by atoms with Crippen molar-refractivity contribution in [3.8, 4) is 0 Å². The molecule has 19 heavy (non-hydrogen) atoms. The fraction of sp³-hybridized carbons (Fsp3) is 0.500. The summed E-state index contributed by atoms with van der Waals surface area (Å²) in [6, 6.07) is 7.00. The average molecular weight is 302 g/mol. The van der Waals surface area contributed by atoms with Gasteiger partial charge >= 0.3 is 0 Å². The molecule has 0 radical (unpaired) electrons. The van der Waals surface area contributed by atoms with Crippen LogP contribution >= 0.6 is 0 Å². The number of sulfonamides is 1. The number of anilines is 1. The molecule has 1 saturated heterocycles. The molecule has 1 heterocycles. The lowest BCUT2D eigenvalue weighted by atomic mass is 10.1. The lowest BCUT2D eigenvalue weighted by Gasteiger charge is -2.23. The SMILES string of the molecule is CNS(=O)(=O)c1ccc(NC2CCS(=O)CC2)cc1. The second-order valence-electron chi connectivity index (χ2n) is 4.50. The van der Waals surface area contributed by atoms with Gasteiger partial charge in [0.05, 0.1) is 4.90 Å². The maximum atomic E-state index is 11.6. The third kappa shape index (κ3) is 3.77. The van der Waals surface area contributed by atoms with Crippen molar-refractivity contribution >= 4 is 26.5 Å². The van der Waals surface area contributed by atoms with E-state index in [2.05, 4.69) is 10.0 Å². The highest BCUT2D eigenvalue weighted by Crippen LogP contribution is 2.18. The third-order valence-corrected chi connectivity index (χ3v) is 6.00. The summed E-state index contributed by atoms with van der Waals surface area (Å²) in [5, 5.41) is 3.35. The van der Waals surface area contributed by atoms with E-state index in [0.29, 0.717) is 6.04 Å². The van der Waals surface area contributed by atoms with Crippen LogP contribution in [0.5, 0.6) is 0 Å². The maximum Gasteiger partial charge on any atom is 0.240 e. The fourth-order valence-electron chi connectivity index (χ4n) is 2.02. The van der Waals surface area contributed by atoms with Gasteiger partial charge in [-0.25, -0.2) is 13.1 Å². The molecule has 0 aliphatic carbocycles. The second-order valence-corrected chi connectivity index (χ2v) is 8.08. The lowest BCUT2D eigenvalue weighted by Crippen LogP contribution is -2.29. The van der Waals surface area contributed by atoms with Crippen LogP contribution in [0.2, 0.25) is 0 Å². The Labute approximate surface area is 116 Å². The molecular weight excluding hydrogens is 284 g/mol. The highest BCUT2D eigenvalue weighted by Gasteiger charge is 2.17. The van der Waals surface area contributed by atoms with Gasteiger partial charge in [0, 0.05) is 34.0 Å². The van der Waals surface area contributed by atoms with E-state index in [1.165, 1.54) is 7.05 Å². The quantitative estimate of drug-likeness (QED) is 0.867. The number of benzene rings is 1. The number of hydrogen-bond donors (Lipinski definition) is 2. The van der Waals surface area contributed by atoms with E-state index in [1.54, 1.807) is 24.3 Å². The van der Waals surface area contributed by atoms with Crippen LogP contribution in [0.4, 0.5) is 5.69 Å². The lowest BCUT2D eigenvalue weighted by molar-refractivity contribution is 0.588. The van der Waals surface area contributed by atoms with Crippen LogP contribution in [0.3, 0.4) is 0 Å². The van der Waals surface area contributed by atoms with Crippen LogP contribution in [0, 0.1) is 0 Å². The van der Waals surface area contributed by atoms with Crippen molar-refractivity contribution in [2.24, 2.45) is 0 Å². The molecule has 0 atom stereocenters. The fourth-order valence-corrected chi connectivity index (χ4v) is 4.05. The van der Waals surface area contributed by atoms with Crippen molar-refractivity contribution in [1.29, 1.82) is 0 Å². The van der Waals surface area contributed by atoms with Gasteiger partial charge in [-0.05, 0) is 44.2 Å². The summed E-state index contributed by atoms with van der Waals surface area (Å²) in [7, 11) is -2.64. The van der Waals surface area contributed by atoms with Gasteiger partial charge in [0.15, 0.2) is 0 Å². The minimum Gasteiger partial charge on any atom is -0.382 e. The molecule has 2 rings (SSSR count). The Hall–Kier alpha value is -0.920. The Morgan fingerprint density at radius 1 is 1.16 bits per heavy atom. The van der Waals surface area contributed by atoms with Gasteiger partial charge in [0.1, 0.15) is 0 Å². The van der Waals surface area contributed by atoms with E-state index in [9.17, 15) is 12.6 Å². The summed E-state index contributed by atoms with van der Waals surface area (Å²) in [6.45, 7) is 0. The normalized spacial score (nSPS) is 24.1. The van der Waals surface area contributed by atoms with Gasteiger partial charge in [0.2, 0.25) is 10.0 Å². The summed E-state index contributed by atoms with van der Waals surface area (Å²) in [5.41, 5.74) is 0.896. The van der Waals surface area contributed by atoms with Crippen molar-refractivity contribution in [2.75, 3.05) is 23.9 Å². The van der Waals surface area contributed by atoms with E-state index in [0.717, 1.165) is 30.0 Å².